The van der Waals surface area contributed by atoms with E-state index in [9.17, 15) is 30.3 Å². The number of carbonyl (C=O) groups is 1. The highest BCUT2D eigenvalue weighted by Crippen LogP contribution is 2.32. The van der Waals surface area contributed by atoms with E-state index in [1.807, 2.05) is 0 Å². The zero-order valence-electron chi connectivity index (χ0n) is 24.7. The largest absolute Gasteiger partial charge is 0.467 e. The predicted molar refractivity (Wildman–Crippen MR) is 153 cm³/mol. The lowest BCUT2D eigenvalue weighted by Crippen LogP contribution is -2.69. The van der Waals surface area contributed by atoms with E-state index in [4.69, 9.17) is 41.9 Å². The number of nitrogens with one attached hydrogen (secondary N) is 3. The van der Waals surface area contributed by atoms with Crippen LogP contribution in [0.3, 0.4) is 0 Å². The number of nitrogens with two attached hydrogens (primary N) is 4. The lowest BCUT2D eigenvalue weighted by atomic mass is 9.83. The topological polar surface area (TPSA) is 295 Å². The van der Waals surface area contributed by atoms with Gasteiger partial charge in [0.05, 0.1) is 37.9 Å². The van der Waals surface area contributed by atoms with E-state index < -0.39 is 84.8 Å². The number of hydrogen-bond donors (Lipinski definition) is 12. The monoisotopic (exact) mass is 621 g/mol. The molecule has 1 aliphatic carbocycles. The van der Waals surface area contributed by atoms with Crippen LogP contribution in [0.4, 0.5) is 0 Å². The first-order valence-corrected chi connectivity index (χ1v) is 14.6. The molecule has 3 rings (SSSR count). The molecule has 0 bridgehead atoms. The van der Waals surface area contributed by atoms with Gasteiger partial charge in [0.2, 0.25) is 12.2 Å². The fourth-order valence-corrected chi connectivity index (χ4v) is 5.63. The van der Waals surface area contributed by atoms with Gasteiger partial charge in [-0.25, -0.2) is 0 Å². The standard InChI is InChI=1S/C26H51N7O10/c1-26(39)11-40-25(19(37)22(26)31-2)43-21-16(33-23(38)17(35)5-6-27)7-14(30)20(18(21)36)42-24-15(32-9-12(29)10-34)4-3-13(8-28)41-24/h3,12,14-22,24-25,31-32,34-37,39H,4-11,27-30H2,1-2H3,(H,33,38)/t12?,14-,15+,16+,17-,18-,19+,20+,21-,22+,24+,25+,26-/m0/s1. The SMILES string of the molecule is CN[C@@H]1[C@@H](O)[C@@H](O[C@@H]2[C@@H](O)[C@H](O[C@H]3OC(CN)=CC[C@H]3NCC(N)CO)[C@@H](N)C[C@H]2NC(=O)[C@@H](O)CCN)OC[C@]1(C)O. The number of likely N-dealkylation sites (N-methyl/N-ethyl adjacent to an activating group) is 1. The normalized spacial score (nSPS) is 39.8. The molecular weight excluding hydrogens is 570 g/mol. The number of rotatable bonds is 14. The lowest BCUT2D eigenvalue weighted by molar-refractivity contribution is -0.304. The van der Waals surface area contributed by atoms with Gasteiger partial charge in [0.15, 0.2) is 6.29 Å². The number of carbonyl (C=O) groups excluding carboxylic acids is 1. The maximum atomic E-state index is 12.7. The van der Waals surface area contributed by atoms with E-state index in [0.717, 1.165) is 0 Å². The first-order chi connectivity index (χ1) is 20.4. The van der Waals surface area contributed by atoms with Crippen molar-refractivity contribution in [2.75, 3.05) is 39.9 Å². The molecule has 1 saturated heterocycles. The summed E-state index contributed by atoms with van der Waals surface area (Å²) < 4.78 is 23.9. The smallest absolute Gasteiger partial charge is 0.249 e. The van der Waals surface area contributed by atoms with Gasteiger partial charge in [0.25, 0.3) is 0 Å². The molecule has 17 nitrogen and oxygen atoms in total. The van der Waals surface area contributed by atoms with E-state index in [1.54, 1.807) is 13.1 Å². The van der Waals surface area contributed by atoms with Crippen molar-refractivity contribution in [2.45, 2.75) is 105 Å². The van der Waals surface area contributed by atoms with E-state index in [2.05, 4.69) is 16.0 Å². The fourth-order valence-electron chi connectivity index (χ4n) is 5.63. The van der Waals surface area contributed by atoms with Gasteiger partial charge < -0.3 is 83.4 Å². The van der Waals surface area contributed by atoms with Crippen LogP contribution in [0.25, 0.3) is 0 Å². The Morgan fingerprint density at radius 2 is 1.88 bits per heavy atom. The minimum Gasteiger partial charge on any atom is -0.467 e. The highest BCUT2D eigenvalue weighted by molar-refractivity contribution is 5.80. The molecule has 13 atom stereocenters. The molecule has 2 heterocycles. The van der Waals surface area contributed by atoms with Gasteiger partial charge in [-0.1, -0.05) is 0 Å². The fraction of sp³-hybridized carbons (Fsp3) is 0.885. The van der Waals surface area contributed by atoms with E-state index in [0.29, 0.717) is 12.2 Å². The molecule has 16 N–H and O–H groups in total. The second-order valence-electron chi connectivity index (χ2n) is 11.6. The highest BCUT2D eigenvalue weighted by atomic mass is 16.7. The van der Waals surface area contributed by atoms with Gasteiger partial charge in [-0.15, -0.1) is 0 Å². The predicted octanol–water partition coefficient (Wildman–Crippen LogP) is -6.03. The van der Waals surface area contributed by atoms with Crippen LogP contribution < -0.4 is 38.9 Å². The van der Waals surface area contributed by atoms with Crippen molar-refractivity contribution in [2.24, 2.45) is 22.9 Å². The van der Waals surface area contributed by atoms with Crippen molar-refractivity contribution in [3.05, 3.63) is 11.8 Å². The number of aliphatic hydroxyl groups excluding tert-OH is 4. The summed E-state index contributed by atoms with van der Waals surface area (Å²) in [5, 5.41) is 61.5. The van der Waals surface area contributed by atoms with Crippen molar-refractivity contribution in [3.63, 3.8) is 0 Å². The molecule has 17 heteroatoms. The maximum absolute atomic E-state index is 12.7. The van der Waals surface area contributed by atoms with Crippen LogP contribution in [0.15, 0.2) is 11.8 Å². The Kier molecular flexibility index (Phi) is 13.5. The van der Waals surface area contributed by atoms with Crippen molar-refractivity contribution >= 4 is 5.91 Å². The Hall–Kier alpha value is -1.55. The molecule has 1 saturated carbocycles. The molecule has 0 aromatic rings. The zero-order chi connectivity index (χ0) is 31.9. The second-order valence-corrected chi connectivity index (χ2v) is 11.6. The summed E-state index contributed by atoms with van der Waals surface area (Å²) in [6, 6.07) is -3.57. The van der Waals surface area contributed by atoms with Crippen LogP contribution in [0.2, 0.25) is 0 Å². The third-order valence-electron chi connectivity index (χ3n) is 8.09. The van der Waals surface area contributed by atoms with Crippen molar-refractivity contribution < 1.29 is 49.3 Å². The minimum absolute atomic E-state index is 0.0120. The van der Waals surface area contributed by atoms with Gasteiger partial charge in [-0.05, 0) is 45.9 Å². The molecule has 0 spiro atoms. The first kappa shape index (κ1) is 35.9. The quantitative estimate of drug-likeness (QED) is 0.0859. The molecule has 1 amide bonds. The molecule has 43 heavy (non-hydrogen) atoms. The van der Waals surface area contributed by atoms with Crippen LogP contribution in [0, 0.1) is 0 Å². The minimum atomic E-state index is -1.48. The summed E-state index contributed by atoms with van der Waals surface area (Å²) in [5.41, 5.74) is 22.2. The third kappa shape index (κ3) is 9.01. The molecule has 0 radical (unpaired) electrons. The van der Waals surface area contributed by atoms with Crippen LogP contribution in [-0.4, -0.2) is 150 Å². The highest BCUT2D eigenvalue weighted by Gasteiger charge is 2.52. The Labute approximate surface area is 251 Å². The van der Waals surface area contributed by atoms with Crippen LogP contribution >= 0.6 is 0 Å². The van der Waals surface area contributed by atoms with Crippen molar-refractivity contribution in [1.29, 1.82) is 0 Å². The van der Waals surface area contributed by atoms with Crippen molar-refractivity contribution in [1.82, 2.24) is 16.0 Å². The number of aliphatic hydroxyl groups is 5. The molecule has 2 fully saturated rings. The summed E-state index contributed by atoms with van der Waals surface area (Å²) in [5.74, 6) is -0.258. The number of hydrogen-bond acceptors (Lipinski definition) is 16. The average molecular weight is 622 g/mol. The third-order valence-corrected chi connectivity index (χ3v) is 8.09. The Bertz CT molecular complexity index is 918. The van der Waals surface area contributed by atoms with Gasteiger partial charge in [0.1, 0.15) is 41.9 Å². The van der Waals surface area contributed by atoms with Gasteiger partial charge in [-0.2, -0.15) is 0 Å². The molecule has 1 unspecified atom stereocenters. The Morgan fingerprint density at radius 1 is 1.19 bits per heavy atom. The summed E-state index contributed by atoms with van der Waals surface area (Å²) in [4.78, 5) is 12.7. The van der Waals surface area contributed by atoms with Gasteiger partial charge in [0, 0.05) is 18.6 Å². The van der Waals surface area contributed by atoms with E-state index in [-0.39, 0.29) is 45.7 Å². The molecule has 0 aromatic carbocycles. The molecule has 0 aromatic heterocycles. The number of amides is 1. The molecule has 2 aliphatic heterocycles. The summed E-state index contributed by atoms with van der Waals surface area (Å²) in [6.45, 7) is 1.52. The maximum Gasteiger partial charge on any atom is 0.249 e. The summed E-state index contributed by atoms with van der Waals surface area (Å²) >= 11 is 0. The summed E-state index contributed by atoms with van der Waals surface area (Å²) in [7, 11) is 1.57. The first-order valence-electron chi connectivity index (χ1n) is 14.6. The Balaban J connectivity index is 1.84. The molecular formula is C26H51N7O10. The zero-order valence-corrected chi connectivity index (χ0v) is 24.7. The average Bonchev–Trinajstić information content (AvgIpc) is 2.97. The second kappa shape index (κ2) is 16.1. The summed E-state index contributed by atoms with van der Waals surface area (Å²) in [6.07, 6.45) is -6.52. The van der Waals surface area contributed by atoms with E-state index >= 15 is 0 Å². The van der Waals surface area contributed by atoms with Crippen molar-refractivity contribution in [3.8, 4) is 0 Å². The van der Waals surface area contributed by atoms with Gasteiger partial charge in [-0.3, -0.25) is 4.79 Å². The molecule has 250 valence electrons. The van der Waals surface area contributed by atoms with Crippen LogP contribution in [0.1, 0.15) is 26.2 Å². The number of ether oxygens (including phenoxy) is 4. The molecule has 3 aliphatic rings. The van der Waals surface area contributed by atoms with Gasteiger partial charge >= 0.3 is 0 Å². The lowest BCUT2D eigenvalue weighted by Gasteiger charge is -2.49. The van der Waals surface area contributed by atoms with Crippen LogP contribution in [-0.2, 0) is 23.7 Å². The van der Waals surface area contributed by atoms with E-state index in [1.165, 1.54) is 6.92 Å². The Morgan fingerprint density at radius 3 is 2.51 bits per heavy atom. The van der Waals surface area contributed by atoms with Crippen LogP contribution in [0.5, 0.6) is 0 Å².